The van der Waals surface area contributed by atoms with E-state index in [1.807, 2.05) is 26.1 Å². The summed E-state index contributed by atoms with van der Waals surface area (Å²) in [5, 5.41) is 9.59. The first-order valence-electron chi connectivity index (χ1n) is 5.67. The zero-order chi connectivity index (χ0) is 13.0. The van der Waals surface area contributed by atoms with Gasteiger partial charge in [0.1, 0.15) is 11.5 Å². The lowest BCUT2D eigenvalue weighted by atomic mass is 10.2. The molecule has 0 aliphatic rings. The van der Waals surface area contributed by atoms with E-state index in [4.69, 9.17) is 4.52 Å². The second-order valence-electron chi connectivity index (χ2n) is 3.94. The van der Waals surface area contributed by atoms with E-state index in [-0.39, 0.29) is 5.91 Å². The molecular formula is C13H15N3O2. The van der Waals surface area contributed by atoms with Crippen molar-refractivity contribution in [3.05, 3.63) is 47.3 Å². The molecule has 1 aromatic heterocycles. The van der Waals surface area contributed by atoms with Crippen LogP contribution in [0.5, 0.6) is 0 Å². The third-order valence-corrected chi connectivity index (χ3v) is 2.54. The van der Waals surface area contributed by atoms with Gasteiger partial charge in [-0.1, -0.05) is 5.16 Å². The van der Waals surface area contributed by atoms with E-state index < -0.39 is 0 Å². The van der Waals surface area contributed by atoms with Gasteiger partial charge in [0.2, 0.25) is 0 Å². The summed E-state index contributed by atoms with van der Waals surface area (Å²) in [6, 6.07) is 9.05. The van der Waals surface area contributed by atoms with Crippen molar-refractivity contribution in [1.82, 2.24) is 10.5 Å². The Morgan fingerprint density at radius 1 is 1.33 bits per heavy atom. The van der Waals surface area contributed by atoms with Gasteiger partial charge in [0.15, 0.2) is 0 Å². The molecule has 0 saturated carbocycles. The van der Waals surface area contributed by atoms with Crippen LogP contribution in [0.1, 0.15) is 21.8 Å². The van der Waals surface area contributed by atoms with Crippen LogP contribution in [0.4, 0.5) is 5.69 Å². The summed E-state index contributed by atoms with van der Waals surface area (Å²) in [6.45, 7) is 2.18. The van der Waals surface area contributed by atoms with Gasteiger partial charge in [-0.2, -0.15) is 0 Å². The van der Waals surface area contributed by atoms with Crippen LogP contribution in [0.15, 0.2) is 34.9 Å². The molecule has 0 fully saturated rings. The molecule has 2 aromatic rings. The van der Waals surface area contributed by atoms with E-state index in [2.05, 4.69) is 15.8 Å². The van der Waals surface area contributed by atoms with Crippen molar-refractivity contribution in [3.8, 4) is 0 Å². The van der Waals surface area contributed by atoms with Crippen molar-refractivity contribution in [3.63, 3.8) is 0 Å². The molecule has 1 aromatic carbocycles. The monoisotopic (exact) mass is 245 g/mol. The predicted molar refractivity (Wildman–Crippen MR) is 68.4 cm³/mol. The fourth-order valence-corrected chi connectivity index (χ4v) is 1.56. The summed E-state index contributed by atoms with van der Waals surface area (Å²) in [7, 11) is 1.84. The van der Waals surface area contributed by atoms with Crippen LogP contribution in [0, 0.1) is 6.92 Å². The van der Waals surface area contributed by atoms with Crippen molar-refractivity contribution in [2.45, 2.75) is 13.5 Å². The number of carbonyl (C=O) groups excluding carboxylic acids is 1. The minimum absolute atomic E-state index is 0.127. The molecule has 5 nitrogen and oxygen atoms in total. The lowest BCUT2D eigenvalue weighted by Crippen LogP contribution is -2.22. The van der Waals surface area contributed by atoms with Gasteiger partial charge in [-0.15, -0.1) is 0 Å². The Balaban J connectivity index is 1.94. The number of amides is 1. The maximum Gasteiger partial charge on any atom is 0.251 e. The van der Waals surface area contributed by atoms with E-state index in [0.29, 0.717) is 17.8 Å². The molecule has 2 rings (SSSR count). The number of nitrogens with one attached hydrogen (secondary N) is 2. The first-order chi connectivity index (χ1) is 8.69. The van der Waals surface area contributed by atoms with Crippen LogP contribution >= 0.6 is 0 Å². The van der Waals surface area contributed by atoms with E-state index >= 15 is 0 Å². The molecule has 94 valence electrons. The molecule has 0 aliphatic carbocycles. The quantitative estimate of drug-likeness (QED) is 0.864. The van der Waals surface area contributed by atoms with Gasteiger partial charge in [-0.3, -0.25) is 4.79 Å². The Kier molecular flexibility index (Phi) is 3.62. The number of benzene rings is 1. The average molecular weight is 245 g/mol. The Bertz CT molecular complexity index is 531. The minimum atomic E-state index is -0.127. The van der Waals surface area contributed by atoms with Gasteiger partial charge in [0.05, 0.1) is 6.54 Å². The molecule has 0 saturated heterocycles. The van der Waals surface area contributed by atoms with Crippen molar-refractivity contribution >= 4 is 11.6 Å². The summed E-state index contributed by atoms with van der Waals surface area (Å²) in [4.78, 5) is 11.8. The molecule has 5 heteroatoms. The molecule has 0 unspecified atom stereocenters. The van der Waals surface area contributed by atoms with Gasteiger partial charge in [-0.05, 0) is 31.2 Å². The maximum atomic E-state index is 11.8. The summed E-state index contributed by atoms with van der Waals surface area (Å²) < 4.78 is 4.92. The number of aromatic nitrogens is 1. The summed E-state index contributed by atoms with van der Waals surface area (Å²) in [6.07, 6.45) is 0. The van der Waals surface area contributed by atoms with E-state index in [0.717, 1.165) is 11.4 Å². The normalized spacial score (nSPS) is 10.1. The highest BCUT2D eigenvalue weighted by Crippen LogP contribution is 2.08. The van der Waals surface area contributed by atoms with E-state index in [1.54, 1.807) is 18.2 Å². The van der Waals surface area contributed by atoms with Gasteiger partial charge >= 0.3 is 0 Å². The number of hydrogen-bond donors (Lipinski definition) is 2. The largest absolute Gasteiger partial charge is 0.388 e. The zero-order valence-corrected chi connectivity index (χ0v) is 10.4. The first kappa shape index (κ1) is 12.2. The second-order valence-corrected chi connectivity index (χ2v) is 3.94. The highest BCUT2D eigenvalue weighted by molar-refractivity contribution is 5.94. The van der Waals surface area contributed by atoms with E-state index in [9.17, 15) is 4.79 Å². The second kappa shape index (κ2) is 5.35. The van der Waals surface area contributed by atoms with Crippen LogP contribution in [0.3, 0.4) is 0 Å². The Morgan fingerprint density at radius 2 is 2.06 bits per heavy atom. The fraction of sp³-hybridized carbons (Fsp3) is 0.231. The summed E-state index contributed by atoms with van der Waals surface area (Å²) in [5.74, 6) is 0.607. The number of aryl methyl sites for hydroxylation is 1. The highest BCUT2D eigenvalue weighted by atomic mass is 16.5. The molecule has 0 spiro atoms. The molecule has 0 bridgehead atoms. The molecular weight excluding hydrogens is 230 g/mol. The third-order valence-electron chi connectivity index (χ3n) is 2.54. The predicted octanol–water partition coefficient (Wildman–Crippen LogP) is 1.95. The van der Waals surface area contributed by atoms with Crippen molar-refractivity contribution in [2.24, 2.45) is 0 Å². The van der Waals surface area contributed by atoms with Gasteiger partial charge in [0, 0.05) is 24.4 Å². The number of carbonyl (C=O) groups is 1. The van der Waals surface area contributed by atoms with Crippen LogP contribution in [-0.4, -0.2) is 18.1 Å². The van der Waals surface area contributed by atoms with Gasteiger partial charge in [0.25, 0.3) is 5.91 Å². The Morgan fingerprint density at radius 3 is 2.61 bits per heavy atom. The number of anilines is 1. The molecule has 0 atom stereocenters. The first-order valence-corrected chi connectivity index (χ1v) is 5.67. The molecule has 0 aliphatic heterocycles. The topological polar surface area (TPSA) is 67.2 Å². The molecule has 18 heavy (non-hydrogen) atoms. The fourth-order valence-electron chi connectivity index (χ4n) is 1.56. The van der Waals surface area contributed by atoms with Crippen LogP contribution in [0.2, 0.25) is 0 Å². The number of hydrogen-bond acceptors (Lipinski definition) is 4. The summed E-state index contributed by atoms with van der Waals surface area (Å²) >= 11 is 0. The zero-order valence-electron chi connectivity index (χ0n) is 10.4. The smallest absolute Gasteiger partial charge is 0.251 e. The Hall–Kier alpha value is -2.30. The van der Waals surface area contributed by atoms with Gasteiger partial charge in [-0.25, -0.2) is 0 Å². The SMILES string of the molecule is CNc1ccc(C(=O)NCc2cc(C)on2)cc1. The number of nitrogens with zero attached hydrogens (tertiary/aromatic N) is 1. The van der Waals surface area contributed by atoms with Crippen LogP contribution in [0.25, 0.3) is 0 Å². The highest BCUT2D eigenvalue weighted by Gasteiger charge is 2.06. The van der Waals surface area contributed by atoms with Crippen LogP contribution < -0.4 is 10.6 Å². The maximum absolute atomic E-state index is 11.8. The summed E-state index contributed by atoms with van der Waals surface area (Å²) in [5.41, 5.74) is 2.31. The lowest BCUT2D eigenvalue weighted by molar-refractivity contribution is 0.0950. The Labute approximate surface area is 105 Å². The third kappa shape index (κ3) is 2.88. The van der Waals surface area contributed by atoms with Gasteiger partial charge < -0.3 is 15.2 Å². The van der Waals surface area contributed by atoms with Crippen LogP contribution in [-0.2, 0) is 6.54 Å². The molecule has 0 radical (unpaired) electrons. The molecule has 1 amide bonds. The lowest BCUT2D eigenvalue weighted by Gasteiger charge is -2.04. The van der Waals surface area contributed by atoms with E-state index in [1.165, 1.54) is 0 Å². The van der Waals surface area contributed by atoms with Crippen molar-refractivity contribution < 1.29 is 9.32 Å². The molecule has 2 N–H and O–H groups in total. The average Bonchev–Trinajstić information content (AvgIpc) is 2.82. The van der Waals surface area contributed by atoms with Crippen molar-refractivity contribution in [1.29, 1.82) is 0 Å². The standard InChI is InChI=1S/C13H15N3O2/c1-9-7-12(16-18-9)8-15-13(17)10-3-5-11(14-2)6-4-10/h3-7,14H,8H2,1-2H3,(H,15,17). The van der Waals surface area contributed by atoms with Crippen molar-refractivity contribution in [2.75, 3.05) is 12.4 Å². The molecule has 1 heterocycles. The minimum Gasteiger partial charge on any atom is -0.388 e. The number of rotatable bonds is 4.